The fraction of sp³-hybridized carbons (Fsp3) is 0.412. The van der Waals surface area contributed by atoms with Gasteiger partial charge >= 0.3 is 0 Å². The first-order chi connectivity index (χ1) is 10.8. The Morgan fingerprint density at radius 2 is 2.00 bits per heavy atom. The summed E-state index contributed by atoms with van der Waals surface area (Å²) in [5.74, 6) is 2.03. The van der Waals surface area contributed by atoms with Crippen LogP contribution >= 0.6 is 11.8 Å². The molecular weight excluding hydrogens is 292 g/mol. The van der Waals surface area contributed by atoms with Crippen LogP contribution in [0.25, 0.3) is 0 Å². The summed E-state index contributed by atoms with van der Waals surface area (Å²) < 4.78 is 0. The van der Waals surface area contributed by atoms with Crippen LogP contribution < -0.4 is 5.73 Å². The summed E-state index contributed by atoms with van der Waals surface area (Å²) in [6.45, 7) is 0.823. The van der Waals surface area contributed by atoms with Gasteiger partial charge < -0.3 is 10.7 Å². The van der Waals surface area contributed by atoms with Crippen molar-refractivity contribution in [1.29, 1.82) is 0 Å². The molecule has 0 unspecified atom stereocenters. The number of imidazole rings is 1. The van der Waals surface area contributed by atoms with E-state index in [0.29, 0.717) is 5.17 Å². The quantitative estimate of drug-likeness (QED) is 0.423. The van der Waals surface area contributed by atoms with Crippen LogP contribution in [0, 0.1) is 0 Å². The van der Waals surface area contributed by atoms with Gasteiger partial charge in [0.2, 0.25) is 0 Å². The molecule has 0 amide bonds. The summed E-state index contributed by atoms with van der Waals surface area (Å²) in [5.41, 5.74) is 7.31. The zero-order valence-corrected chi connectivity index (χ0v) is 13.7. The van der Waals surface area contributed by atoms with Gasteiger partial charge in [-0.1, -0.05) is 42.1 Å². The number of hydrogen-bond donors (Lipinski definition) is 2. The van der Waals surface area contributed by atoms with Gasteiger partial charge in [-0.3, -0.25) is 4.99 Å². The highest BCUT2D eigenvalue weighted by Gasteiger charge is 1.98. The Morgan fingerprint density at radius 1 is 1.14 bits per heavy atom. The number of unbranched alkanes of at least 4 members (excludes halogenated alkanes) is 1. The maximum Gasteiger partial charge on any atom is 0.153 e. The first-order valence-electron chi connectivity index (χ1n) is 7.79. The summed E-state index contributed by atoms with van der Waals surface area (Å²) in [7, 11) is 0. The lowest BCUT2D eigenvalue weighted by Crippen LogP contribution is -2.08. The van der Waals surface area contributed by atoms with E-state index in [1.807, 2.05) is 6.20 Å². The van der Waals surface area contributed by atoms with Crippen LogP contribution in [0.4, 0.5) is 0 Å². The Hall–Kier alpha value is -1.75. The molecule has 4 nitrogen and oxygen atoms in total. The molecular formula is C17H24N4S. The molecule has 2 aromatic rings. The molecule has 0 atom stereocenters. The highest BCUT2D eigenvalue weighted by atomic mass is 32.2. The first kappa shape index (κ1) is 16.6. The molecule has 0 spiro atoms. The fourth-order valence-electron chi connectivity index (χ4n) is 2.17. The van der Waals surface area contributed by atoms with Crippen molar-refractivity contribution in [3.8, 4) is 0 Å². The molecule has 0 saturated heterocycles. The van der Waals surface area contributed by atoms with Crippen LogP contribution in [0.5, 0.6) is 0 Å². The Bertz CT molecular complexity index is 537. The van der Waals surface area contributed by atoms with Crippen molar-refractivity contribution in [2.75, 3.05) is 12.3 Å². The number of H-pyrrole nitrogens is 1. The predicted octanol–water partition coefficient (Wildman–Crippen LogP) is 3.41. The van der Waals surface area contributed by atoms with Gasteiger partial charge in [0, 0.05) is 31.1 Å². The minimum Gasteiger partial charge on any atom is -0.379 e. The average Bonchev–Trinajstić information content (AvgIpc) is 3.06. The highest BCUT2D eigenvalue weighted by Crippen LogP contribution is 2.07. The molecule has 5 heteroatoms. The predicted molar refractivity (Wildman–Crippen MR) is 95.2 cm³/mol. The molecule has 118 valence electrons. The Kier molecular flexibility index (Phi) is 7.60. The molecule has 1 heterocycles. The number of nitrogens with zero attached hydrogens (tertiary/aromatic N) is 2. The van der Waals surface area contributed by atoms with Gasteiger partial charge in [0.25, 0.3) is 0 Å². The minimum atomic E-state index is 0.708. The smallest absolute Gasteiger partial charge is 0.153 e. The number of rotatable bonds is 9. The van der Waals surface area contributed by atoms with Gasteiger partial charge in [0.05, 0.1) is 0 Å². The van der Waals surface area contributed by atoms with E-state index >= 15 is 0 Å². The van der Waals surface area contributed by atoms with Crippen molar-refractivity contribution < 1.29 is 0 Å². The minimum absolute atomic E-state index is 0.708. The van der Waals surface area contributed by atoms with Crippen molar-refractivity contribution in [1.82, 2.24) is 9.97 Å². The summed E-state index contributed by atoms with van der Waals surface area (Å²) in [4.78, 5) is 11.7. The van der Waals surface area contributed by atoms with Gasteiger partial charge in [-0.2, -0.15) is 0 Å². The molecule has 22 heavy (non-hydrogen) atoms. The topological polar surface area (TPSA) is 67.1 Å². The number of aromatic nitrogens is 2. The number of benzene rings is 1. The maximum absolute atomic E-state index is 5.92. The lowest BCUT2D eigenvalue weighted by molar-refractivity contribution is 0.746. The van der Waals surface area contributed by atoms with Crippen molar-refractivity contribution in [3.63, 3.8) is 0 Å². The van der Waals surface area contributed by atoms with E-state index in [-0.39, 0.29) is 0 Å². The van der Waals surface area contributed by atoms with Crippen LogP contribution in [-0.2, 0) is 12.8 Å². The van der Waals surface area contributed by atoms with Crippen LogP contribution in [0.3, 0.4) is 0 Å². The van der Waals surface area contributed by atoms with Gasteiger partial charge in [-0.05, 0) is 31.2 Å². The molecule has 0 aliphatic rings. The summed E-state index contributed by atoms with van der Waals surface area (Å²) in [5, 5.41) is 0.708. The molecule has 0 fully saturated rings. The van der Waals surface area contributed by atoms with Crippen LogP contribution in [-0.4, -0.2) is 27.4 Å². The lowest BCUT2D eigenvalue weighted by atomic mass is 10.1. The molecule has 2 rings (SSSR count). The SMILES string of the molecule is NC(=NCCCCc1ccccc1)SCCCc1ncc[nH]1. The second-order valence-corrected chi connectivity index (χ2v) is 6.27. The van der Waals surface area contributed by atoms with Gasteiger partial charge in [0.15, 0.2) is 5.17 Å². The van der Waals surface area contributed by atoms with E-state index in [2.05, 4.69) is 45.3 Å². The molecule has 0 aliphatic carbocycles. The molecule has 0 aliphatic heterocycles. The lowest BCUT2D eigenvalue weighted by Gasteiger charge is -2.02. The van der Waals surface area contributed by atoms with E-state index in [0.717, 1.165) is 50.2 Å². The number of aliphatic imine (C=N–C) groups is 1. The molecule has 1 aromatic carbocycles. The second-order valence-electron chi connectivity index (χ2n) is 5.15. The van der Waals surface area contributed by atoms with Crippen LogP contribution in [0.2, 0.25) is 0 Å². The number of amidine groups is 1. The van der Waals surface area contributed by atoms with E-state index in [9.17, 15) is 0 Å². The van der Waals surface area contributed by atoms with E-state index in [1.54, 1.807) is 18.0 Å². The standard InChI is InChI=1S/C17H24N4S/c18-17(22-14-6-10-16-19-12-13-20-16)21-11-5-4-9-15-7-2-1-3-8-15/h1-3,7-8,12-13H,4-6,9-11,14H2,(H2,18,21)(H,19,20). The molecule has 0 bridgehead atoms. The summed E-state index contributed by atoms with van der Waals surface area (Å²) in [6.07, 6.45) is 9.02. The number of thioether (sulfide) groups is 1. The third-order valence-corrected chi connectivity index (χ3v) is 4.26. The van der Waals surface area contributed by atoms with E-state index < -0.39 is 0 Å². The normalized spacial score (nSPS) is 11.7. The van der Waals surface area contributed by atoms with Gasteiger partial charge in [-0.25, -0.2) is 4.98 Å². The molecule has 3 N–H and O–H groups in total. The number of nitrogens with one attached hydrogen (secondary N) is 1. The maximum atomic E-state index is 5.92. The third-order valence-electron chi connectivity index (χ3n) is 3.35. The largest absolute Gasteiger partial charge is 0.379 e. The highest BCUT2D eigenvalue weighted by molar-refractivity contribution is 8.13. The summed E-state index contributed by atoms with van der Waals surface area (Å²) in [6, 6.07) is 10.6. The Morgan fingerprint density at radius 3 is 2.77 bits per heavy atom. The van der Waals surface area contributed by atoms with Gasteiger partial charge in [-0.15, -0.1) is 0 Å². The number of hydrogen-bond acceptors (Lipinski definition) is 3. The van der Waals surface area contributed by atoms with Gasteiger partial charge in [0.1, 0.15) is 5.82 Å². The van der Waals surface area contributed by atoms with Crippen LogP contribution in [0.15, 0.2) is 47.7 Å². The molecule has 0 saturated carbocycles. The average molecular weight is 316 g/mol. The zero-order chi connectivity index (χ0) is 15.5. The number of aromatic amines is 1. The van der Waals surface area contributed by atoms with E-state index in [4.69, 9.17) is 5.73 Å². The van der Waals surface area contributed by atoms with Crippen molar-refractivity contribution in [2.24, 2.45) is 10.7 Å². The molecule has 0 radical (unpaired) electrons. The van der Waals surface area contributed by atoms with Crippen molar-refractivity contribution >= 4 is 16.9 Å². The number of aryl methyl sites for hydroxylation is 2. The second kappa shape index (κ2) is 10.1. The van der Waals surface area contributed by atoms with E-state index in [1.165, 1.54) is 5.56 Å². The number of nitrogens with two attached hydrogens (primary N) is 1. The van der Waals surface area contributed by atoms with Crippen molar-refractivity contribution in [3.05, 3.63) is 54.1 Å². The molecule has 1 aromatic heterocycles. The Balaban J connectivity index is 1.50. The van der Waals surface area contributed by atoms with Crippen molar-refractivity contribution in [2.45, 2.75) is 32.1 Å². The fourth-order valence-corrected chi connectivity index (χ4v) is 2.85. The van der Waals surface area contributed by atoms with Crippen LogP contribution in [0.1, 0.15) is 30.7 Å². The monoisotopic (exact) mass is 316 g/mol. The third kappa shape index (κ3) is 6.80. The summed E-state index contributed by atoms with van der Waals surface area (Å²) >= 11 is 1.64. The zero-order valence-electron chi connectivity index (χ0n) is 12.9. The first-order valence-corrected chi connectivity index (χ1v) is 8.78. The Labute approximate surface area is 136 Å².